The second-order valence-corrected chi connectivity index (χ2v) is 7.67. The number of pyridine rings is 1. The van der Waals surface area contributed by atoms with Crippen molar-refractivity contribution in [2.75, 3.05) is 0 Å². The highest BCUT2D eigenvalue weighted by Crippen LogP contribution is 2.35. The van der Waals surface area contributed by atoms with Gasteiger partial charge in [0.1, 0.15) is 29.3 Å². The Bertz CT molecular complexity index is 1420. The number of fused-ring (bicyclic) bond motifs is 1. The van der Waals surface area contributed by atoms with Crippen LogP contribution < -0.4 is 0 Å². The van der Waals surface area contributed by atoms with Gasteiger partial charge in [-0.1, -0.05) is 35.9 Å². The topological polar surface area (TPSA) is 77.2 Å². The van der Waals surface area contributed by atoms with E-state index in [0.717, 1.165) is 18.2 Å². The Hall–Kier alpha value is -3.68. The first-order valence-corrected chi connectivity index (χ1v) is 10.1. The number of benzene rings is 3. The quantitative estimate of drug-likeness (QED) is 0.235. The first-order chi connectivity index (χ1) is 15.8. The molecule has 1 aromatic heterocycles. The van der Waals surface area contributed by atoms with Gasteiger partial charge in [-0.2, -0.15) is 0 Å². The van der Waals surface area contributed by atoms with Crippen LogP contribution in [0.25, 0.3) is 16.5 Å². The van der Waals surface area contributed by atoms with Crippen LogP contribution in [0.2, 0.25) is 5.02 Å². The summed E-state index contributed by atoms with van der Waals surface area (Å²) in [5, 5.41) is 32.2. The lowest BCUT2D eigenvalue weighted by molar-refractivity contribution is 0.221. The summed E-state index contributed by atoms with van der Waals surface area (Å²) in [6.45, 7) is 0. The Morgan fingerprint density at radius 3 is 2.33 bits per heavy atom. The highest BCUT2D eigenvalue weighted by Gasteiger charge is 2.28. The number of hydrogen-bond donors (Lipinski definition) is 3. The molecule has 4 nitrogen and oxygen atoms in total. The van der Waals surface area contributed by atoms with E-state index in [-0.39, 0.29) is 16.1 Å². The SMILES string of the molecule is N=C(/C(=C(\O)c1ccc(F)cc1F)C(O)c1cncc2ccccc12)c1ccc(Cl)cc1F. The van der Waals surface area contributed by atoms with E-state index in [1.54, 1.807) is 30.5 Å². The third kappa shape index (κ3) is 4.33. The Morgan fingerprint density at radius 1 is 0.909 bits per heavy atom. The number of aromatic nitrogens is 1. The summed E-state index contributed by atoms with van der Waals surface area (Å²) in [5.41, 5.74) is -1.63. The molecular formula is C25H16ClF3N2O2. The minimum Gasteiger partial charge on any atom is -0.507 e. The summed E-state index contributed by atoms with van der Waals surface area (Å²) in [7, 11) is 0. The number of halogens is 4. The van der Waals surface area contributed by atoms with Crippen molar-refractivity contribution in [2.24, 2.45) is 0 Å². The molecule has 4 aromatic rings. The van der Waals surface area contributed by atoms with Crippen LogP contribution in [-0.4, -0.2) is 20.9 Å². The van der Waals surface area contributed by atoms with Crippen molar-refractivity contribution in [3.8, 4) is 0 Å². The van der Waals surface area contributed by atoms with Gasteiger partial charge in [0.15, 0.2) is 0 Å². The first kappa shape index (κ1) is 22.5. The molecule has 1 heterocycles. The zero-order valence-electron chi connectivity index (χ0n) is 16.9. The van der Waals surface area contributed by atoms with E-state index in [9.17, 15) is 23.4 Å². The third-order valence-electron chi connectivity index (χ3n) is 5.18. The molecule has 0 amide bonds. The number of rotatable bonds is 5. The molecule has 8 heteroatoms. The van der Waals surface area contributed by atoms with E-state index >= 15 is 0 Å². The van der Waals surface area contributed by atoms with E-state index in [4.69, 9.17) is 17.0 Å². The average Bonchev–Trinajstić information content (AvgIpc) is 2.78. The molecule has 166 valence electrons. The molecule has 0 radical (unpaired) electrons. The second-order valence-electron chi connectivity index (χ2n) is 7.24. The van der Waals surface area contributed by atoms with Crippen LogP contribution in [0.15, 0.2) is 78.6 Å². The van der Waals surface area contributed by atoms with E-state index in [1.165, 1.54) is 18.3 Å². The Labute approximate surface area is 191 Å². The number of aliphatic hydroxyl groups excluding tert-OH is 2. The molecule has 0 saturated heterocycles. The molecule has 3 aromatic carbocycles. The maximum absolute atomic E-state index is 14.6. The minimum atomic E-state index is -1.70. The number of nitrogens with one attached hydrogen (secondary N) is 1. The highest BCUT2D eigenvalue weighted by molar-refractivity contribution is 6.30. The van der Waals surface area contributed by atoms with Crippen LogP contribution in [0.4, 0.5) is 13.2 Å². The van der Waals surface area contributed by atoms with E-state index in [2.05, 4.69) is 4.98 Å². The predicted octanol–water partition coefficient (Wildman–Crippen LogP) is 6.38. The van der Waals surface area contributed by atoms with E-state index in [1.807, 2.05) is 0 Å². The van der Waals surface area contributed by atoms with Crippen molar-refractivity contribution < 1.29 is 23.4 Å². The molecule has 0 aliphatic carbocycles. The lowest BCUT2D eigenvalue weighted by Gasteiger charge is -2.20. The first-order valence-electron chi connectivity index (χ1n) is 9.71. The Balaban J connectivity index is 1.97. The number of hydrogen-bond acceptors (Lipinski definition) is 4. The van der Waals surface area contributed by atoms with Crippen molar-refractivity contribution in [3.05, 3.63) is 118 Å². The summed E-state index contributed by atoms with van der Waals surface area (Å²) < 4.78 is 42.5. The van der Waals surface area contributed by atoms with Gasteiger partial charge in [-0.15, -0.1) is 0 Å². The van der Waals surface area contributed by atoms with Gasteiger partial charge in [0.05, 0.1) is 16.8 Å². The molecule has 4 rings (SSSR count). The molecule has 33 heavy (non-hydrogen) atoms. The predicted molar refractivity (Wildman–Crippen MR) is 121 cm³/mol. The van der Waals surface area contributed by atoms with Crippen LogP contribution in [0.1, 0.15) is 22.8 Å². The summed E-state index contributed by atoms with van der Waals surface area (Å²) in [4.78, 5) is 4.09. The molecule has 0 saturated carbocycles. The zero-order valence-corrected chi connectivity index (χ0v) is 17.6. The molecule has 0 bridgehead atoms. The molecule has 1 atom stereocenters. The molecule has 1 unspecified atom stereocenters. The minimum absolute atomic E-state index is 0.0854. The standard InChI is InChI=1S/C25H16ClF3N2O2/c26-14-5-7-17(20(28)9-14)23(30)22(24(32)18-8-6-15(27)10-21(18)29)25(33)19-12-31-11-13-3-1-2-4-16(13)19/h1-12,25,30,32-33H/b24-22+,30-23?. The van der Waals surface area contributed by atoms with Gasteiger partial charge in [-0.25, -0.2) is 13.2 Å². The third-order valence-corrected chi connectivity index (χ3v) is 5.41. The maximum Gasteiger partial charge on any atom is 0.137 e. The van der Waals surface area contributed by atoms with Gasteiger partial charge in [0.2, 0.25) is 0 Å². The monoisotopic (exact) mass is 468 g/mol. The van der Waals surface area contributed by atoms with Crippen LogP contribution in [0, 0.1) is 22.9 Å². The van der Waals surface area contributed by atoms with Crippen molar-refractivity contribution in [1.82, 2.24) is 4.98 Å². The van der Waals surface area contributed by atoms with Gasteiger partial charge in [-0.05, 0) is 35.7 Å². The van der Waals surface area contributed by atoms with Crippen LogP contribution >= 0.6 is 11.6 Å². The highest BCUT2D eigenvalue weighted by atomic mass is 35.5. The van der Waals surface area contributed by atoms with Gasteiger partial charge in [0, 0.05) is 40.0 Å². The van der Waals surface area contributed by atoms with Crippen LogP contribution in [0.5, 0.6) is 0 Å². The summed E-state index contributed by atoms with van der Waals surface area (Å²) in [6.07, 6.45) is 1.21. The fourth-order valence-corrected chi connectivity index (χ4v) is 3.72. The maximum atomic E-state index is 14.6. The van der Waals surface area contributed by atoms with Crippen molar-refractivity contribution in [2.45, 2.75) is 6.10 Å². The lowest BCUT2D eigenvalue weighted by atomic mass is 9.89. The summed E-state index contributed by atoms with van der Waals surface area (Å²) in [5.74, 6) is -3.70. The molecule has 0 aliphatic rings. The van der Waals surface area contributed by atoms with Gasteiger partial charge < -0.3 is 10.2 Å². The zero-order chi connectivity index (χ0) is 23.7. The summed E-state index contributed by atoms with van der Waals surface area (Å²) >= 11 is 5.80. The van der Waals surface area contributed by atoms with Crippen LogP contribution in [-0.2, 0) is 0 Å². The van der Waals surface area contributed by atoms with Crippen LogP contribution in [0.3, 0.4) is 0 Å². The average molecular weight is 469 g/mol. The second kappa shape index (κ2) is 9.05. The fourth-order valence-electron chi connectivity index (χ4n) is 3.56. The fraction of sp³-hybridized carbons (Fsp3) is 0.0400. The smallest absolute Gasteiger partial charge is 0.137 e. The number of aliphatic hydroxyl groups is 2. The molecule has 0 aliphatic heterocycles. The van der Waals surface area contributed by atoms with Crippen molar-refractivity contribution in [1.29, 1.82) is 5.41 Å². The van der Waals surface area contributed by atoms with Gasteiger partial charge >= 0.3 is 0 Å². The Kier molecular flexibility index (Phi) is 6.18. The molecule has 3 N–H and O–H groups in total. The molecule has 0 fully saturated rings. The largest absolute Gasteiger partial charge is 0.507 e. The number of nitrogens with zero attached hydrogens (tertiary/aromatic N) is 1. The Morgan fingerprint density at radius 2 is 1.61 bits per heavy atom. The molecular weight excluding hydrogens is 453 g/mol. The lowest BCUT2D eigenvalue weighted by Crippen LogP contribution is -2.17. The normalized spacial score (nSPS) is 13.0. The molecule has 0 spiro atoms. The van der Waals surface area contributed by atoms with E-state index in [0.29, 0.717) is 16.8 Å². The van der Waals surface area contributed by atoms with Gasteiger partial charge in [-0.3, -0.25) is 10.4 Å². The summed E-state index contributed by atoms with van der Waals surface area (Å²) in [6, 6.07) is 12.9. The van der Waals surface area contributed by atoms with Gasteiger partial charge in [0.25, 0.3) is 0 Å². The van der Waals surface area contributed by atoms with Crippen molar-refractivity contribution in [3.63, 3.8) is 0 Å². The van der Waals surface area contributed by atoms with Crippen molar-refractivity contribution >= 4 is 33.8 Å². The van der Waals surface area contributed by atoms with E-state index < -0.39 is 46.2 Å².